The van der Waals surface area contributed by atoms with Crippen LogP contribution in [-0.4, -0.2) is 38.6 Å². The third-order valence-electron chi connectivity index (χ3n) is 2.30. The molecule has 0 saturated carbocycles. The molecule has 0 aromatic heterocycles. The number of rotatable bonds is 7. The maximum Gasteiger partial charge on any atom is 0.115 e. The number of nitrogens with one attached hydrogen (secondary N) is 1. The normalized spacial score (nSPS) is 12.6. The highest BCUT2D eigenvalue weighted by Gasteiger charge is 2.05. The first-order valence-corrected chi connectivity index (χ1v) is 5.26. The van der Waals surface area contributed by atoms with Gasteiger partial charge in [0.15, 0.2) is 0 Å². The Balaban J connectivity index is 2.29. The summed E-state index contributed by atoms with van der Waals surface area (Å²) in [5.74, 6) is 0.291. The highest BCUT2D eigenvalue weighted by Crippen LogP contribution is 2.10. The molecule has 0 aliphatic rings. The third kappa shape index (κ3) is 4.61. The topological polar surface area (TPSA) is 50.7 Å². The summed E-state index contributed by atoms with van der Waals surface area (Å²) >= 11 is 0. The van der Waals surface area contributed by atoms with Gasteiger partial charge in [0.05, 0.1) is 12.7 Å². The number of hydrogen-bond donors (Lipinski definition) is 2. The van der Waals surface area contributed by atoms with Crippen molar-refractivity contribution in [2.45, 2.75) is 12.6 Å². The first-order chi connectivity index (χ1) is 7.76. The lowest BCUT2D eigenvalue weighted by Crippen LogP contribution is -2.31. The quantitative estimate of drug-likeness (QED) is 0.730. The van der Waals surface area contributed by atoms with Crippen molar-refractivity contribution in [3.8, 4) is 5.75 Å². The Kier molecular flexibility index (Phi) is 5.85. The van der Waals surface area contributed by atoms with Gasteiger partial charge >= 0.3 is 0 Å². The van der Waals surface area contributed by atoms with Crippen LogP contribution in [0.4, 0.5) is 0 Å². The largest absolute Gasteiger partial charge is 0.508 e. The van der Waals surface area contributed by atoms with Gasteiger partial charge in [-0.15, -0.1) is 0 Å². The molecule has 0 saturated heterocycles. The number of ether oxygens (including phenoxy) is 2. The molecule has 0 heterocycles. The fourth-order valence-electron chi connectivity index (χ4n) is 1.44. The molecular weight excluding hydrogens is 206 g/mol. The predicted octanol–water partition coefficient (Wildman–Crippen LogP) is 1.14. The molecule has 0 fully saturated rings. The van der Waals surface area contributed by atoms with Crippen molar-refractivity contribution >= 4 is 0 Å². The fourth-order valence-corrected chi connectivity index (χ4v) is 1.44. The molecular formula is C12H19NO3. The van der Waals surface area contributed by atoms with E-state index >= 15 is 0 Å². The average Bonchev–Trinajstić information content (AvgIpc) is 2.28. The molecule has 1 aromatic carbocycles. The van der Waals surface area contributed by atoms with Gasteiger partial charge < -0.3 is 19.9 Å². The summed E-state index contributed by atoms with van der Waals surface area (Å²) in [5.41, 5.74) is 1.05. The van der Waals surface area contributed by atoms with E-state index in [1.807, 2.05) is 12.1 Å². The van der Waals surface area contributed by atoms with Crippen LogP contribution in [0.25, 0.3) is 0 Å². The standard InChI is InChI=1S/C12H19NO3/c1-15-9-12(16-2)8-13-7-10-4-3-5-11(14)6-10/h3-6,12-14H,7-9H2,1-2H3. The van der Waals surface area contributed by atoms with E-state index in [0.717, 1.165) is 12.1 Å². The van der Waals surface area contributed by atoms with Crippen LogP contribution >= 0.6 is 0 Å². The Morgan fingerprint density at radius 1 is 1.38 bits per heavy atom. The summed E-state index contributed by atoms with van der Waals surface area (Å²) in [6.07, 6.45) is 0.0577. The van der Waals surface area contributed by atoms with Gasteiger partial charge in [-0.3, -0.25) is 0 Å². The molecule has 4 heteroatoms. The first-order valence-electron chi connectivity index (χ1n) is 5.26. The Morgan fingerprint density at radius 2 is 2.19 bits per heavy atom. The van der Waals surface area contributed by atoms with Crippen LogP contribution in [0, 0.1) is 0 Å². The second kappa shape index (κ2) is 7.22. The van der Waals surface area contributed by atoms with Crippen molar-refractivity contribution < 1.29 is 14.6 Å². The monoisotopic (exact) mass is 225 g/mol. The first kappa shape index (κ1) is 13.0. The maximum absolute atomic E-state index is 9.28. The van der Waals surface area contributed by atoms with E-state index in [2.05, 4.69) is 5.32 Å². The van der Waals surface area contributed by atoms with E-state index in [-0.39, 0.29) is 6.10 Å². The van der Waals surface area contributed by atoms with Gasteiger partial charge in [-0.2, -0.15) is 0 Å². The molecule has 2 N–H and O–H groups in total. The molecule has 4 nitrogen and oxygen atoms in total. The molecule has 1 atom stereocenters. The molecule has 1 unspecified atom stereocenters. The Labute approximate surface area is 96.2 Å². The minimum absolute atomic E-state index is 0.0577. The molecule has 0 aliphatic carbocycles. The third-order valence-corrected chi connectivity index (χ3v) is 2.30. The van der Waals surface area contributed by atoms with Crippen molar-refractivity contribution in [2.24, 2.45) is 0 Å². The number of phenolic OH excluding ortho intramolecular Hbond substituents is 1. The van der Waals surface area contributed by atoms with Gasteiger partial charge in [-0.05, 0) is 17.7 Å². The van der Waals surface area contributed by atoms with Gasteiger partial charge in [0.2, 0.25) is 0 Å². The SMILES string of the molecule is COCC(CNCc1cccc(O)c1)OC. The van der Waals surface area contributed by atoms with E-state index in [1.165, 1.54) is 0 Å². The minimum Gasteiger partial charge on any atom is -0.508 e. The van der Waals surface area contributed by atoms with Gasteiger partial charge in [0.25, 0.3) is 0 Å². The summed E-state index contributed by atoms with van der Waals surface area (Å²) in [4.78, 5) is 0. The van der Waals surface area contributed by atoms with Crippen molar-refractivity contribution in [1.82, 2.24) is 5.32 Å². The van der Waals surface area contributed by atoms with Crippen molar-refractivity contribution in [1.29, 1.82) is 0 Å². The second-order valence-electron chi connectivity index (χ2n) is 3.61. The molecule has 0 radical (unpaired) electrons. The molecule has 0 spiro atoms. The van der Waals surface area contributed by atoms with E-state index in [9.17, 15) is 5.11 Å². The fraction of sp³-hybridized carbons (Fsp3) is 0.500. The molecule has 1 aromatic rings. The smallest absolute Gasteiger partial charge is 0.115 e. The number of phenols is 1. The lowest BCUT2D eigenvalue weighted by atomic mass is 10.2. The summed E-state index contributed by atoms with van der Waals surface area (Å²) in [6, 6.07) is 7.19. The number of hydrogen-bond acceptors (Lipinski definition) is 4. The second-order valence-corrected chi connectivity index (χ2v) is 3.61. The lowest BCUT2D eigenvalue weighted by Gasteiger charge is -2.15. The molecule has 90 valence electrons. The predicted molar refractivity (Wildman–Crippen MR) is 62.5 cm³/mol. The van der Waals surface area contributed by atoms with E-state index in [1.54, 1.807) is 26.4 Å². The molecule has 0 amide bonds. The highest BCUT2D eigenvalue weighted by atomic mass is 16.5. The Morgan fingerprint density at radius 3 is 2.81 bits per heavy atom. The van der Waals surface area contributed by atoms with Gasteiger partial charge in [-0.25, -0.2) is 0 Å². The number of methoxy groups -OCH3 is 2. The lowest BCUT2D eigenvalue weighted by molar-refractivity contribution is 0.0288. The summed E-state index contributed by atoms with van der Waals surface area (Å²) < 4.78 is 10.2. The highest BCUT2D eigenvalue weighted by molar-refractivity contribution is 5.26. The van der Waals surface area contributed by atoms with Crippen molar-refractivity contribution in [3.05, 3.63) is 29.8 Å². The number of aromatic hydroxyl groups is 1. The van der Waals surface area contributed by atoms with Crippen molar-refractivity contribution in [3.63, 3.8) is 0 Å². The van der Waals surface area contributed by atoms with Crippen LogP contribution in [0.2, 0.25) is 0 Å². The zero-order valence-electron chi connectivity index (χ0n) is 9.77. The van der Waals surface area contributed by atoms with Gasteiger partial charge in [0.1, 0.15) is 5.75 Å². The van der Waals surface area contributed by atoms with Crippen LogP contribution in [0.15, 0.2) is 24.3 Å². The molecule has 16 heavy (non-hydrogen) atoms. The summed E-state index contributed by atoms with van der Waals surface area (Å²) in [7, 11) is 3.32. The molecule has 0 bridgehead atoms. The zero-order valence-corrected chi connectivity index (χ0v) is 9.77. The van der Waals surface area contributed by atoms with Crippen LogP contribution in [0.1, 0.15) is 5.56 Å². The van der Waals surface area contributed by atoms with Gasteiger partial charge in [0, 0.05) is 27.3 Å². The van der Waals surface area contributed by atoms with Gasteiger partial charge in [-0.1, -0.05) is 12.1 Å². The van der Waals surface area contributed by atoms with E-state index in [0.29, 0.717) is 18.9 Å². The number of benzene rings is 1. The maximum atomic E-state index is 9.28. The van der Waals surface area contributed by atoms with Crippen molar-refractivity contribution in [2.75, 3.05) is 27.4 Å². The minimum atomic E-state index is 0.0577. The Bertz CT molecular complexity index is 304. The van der Waals surface area contributed by atoms with Crippen LogP contribution < -0.4 is 5.32 Å². The average molecular weight is 225 g/mol. The zero-order chi connectivity index (χ0) is 11.8. The summed E-state index contributed by atoms with van der Waals surface area (Å²) in [6.45, 7) is 2.00. The van der Waals surface area contributed by atoms with E-state index in [4.69, 9.17) is 9.47 Å². The Hall–Kier alpha value is -1.10. The summed E-state index contributed by atoms with van der Waals surface area (Å²) in [5, 5.41) is 12.5. The van der Waals surface area contributed by atoms with E-state index < -0.39 is 0 Å². The van der Waals surface area contributed by atoms with Crippen LogP contribution in [-0.2, 0) is 16.0 Å². The molecule has 1 rings (SSSR count). The van der Waals surface area contributed by atoms with Crippen LogP contribution in [0.5, 0.6) is 5.75 Å². The van der Waals surface area contributed by atoms with Crippen LogP contribution in [0.3, 0.4) is 0 Å². The molecule has 0 aliphatic heterocycles.